The first kappa shape index (κ1) is 18.7. The van der Waals surface area contributed by atoms with Gasteiger partial charge in [0.15, 0.2) is 6.10 Å². The van der Waals surface area contributed by atoms with Crippen molar-refractivity contribution in [3.63, 3.8) is 0 Å². The Morgan fingerprint density at radius 2 is 1.56 bits per heavy atom. The van der Waals surface area contributed by atoms with E-state index >= 15 is 0 Å². The van der Waals surface area contributed by atoms with Gasteiger partial charge in [-0.15, -0.1) is 0 Å². The number of carbonyl (C=O) groups is 2. The third kappa shape index (κ3) is 6.07. The van der Waals surface area contributed by atoms with Crippen molar-refractivity contribution >= 4 is 11.9 Å². The molecule has 0 bridgehead atoms. The van der Waals surface area contributed by atoms with Gasteiger partial charge in [0.2, 0.25) is 5.78 Å². The van der Waals surface area contributed by atoms with Crippen LogP contribution in [0.15, 0.2) is 60.7 Å². The minimum atomic E-state index is -0.945. The molecule has 0 aliphatic carbocycles. The minimum absolute atomic E-state index is 0.229. The molecule has 0 fully saturated rings. The lowest BCUT2D eigenvalue weighted by molar-refractivity contribution is 0.0628. The second-order valence-electron chi connectivity index (χ2n) is 5.91. The van der Waals surface area contributed by atoms with E-state index < -0.39 is 12.2 Å². The molecule has 1 unspecified atom stereocenters. The number of rotatable bonds is 9. The first-order valence-electron chi connectivity index (χ1n) is 8.81. The lowest BCUT2D eigenvalue weighted by atomic mass is 10.00. The molecule has 4 nitrogen and oxygen atoms in total. The normalized spacial score (nSPS) is 11.6. The van der Waals surface area contributed by atoms with Gasteiger partial charge >= 0.3 is 6.09 Å². The molecule has 2 aromatic carbocycles. The zero-order chi connectivity index (χ0) is 17.9. The summed E-state index contributed by atoms with van der Waals surface area (Å²) < 4.78 is 5.46. The second kappa shape index (κ2) is 10.3. The zero-order valence-corrected chi connectivity index (χ0v) is 14.6. The zero-order valence-electron chi connectivity index (χ0n) is 14.6. The van der Waals surface area contributed by atoms with Gasteiger partial charge in [-0.3, -0.25) is 4.79 Å². The Kier molecular flexibility index (Phi) is 7.70. The summed E-state index contributed by atoms with van der Waals surface area (Å²) in [4.78, 5) is 24.9. The van der Waals surface area contributed by atoms with E-state index in [0.29, 0.717) is 17.7 Å². The van der Waals surface area contributed by atoms with E-state index in [1.807, 2.05) is 24.3 Å². The molecule has 2 aromatic rings. The molecule has 4 heteroatoms. The van der Waals surface area contributed by atoms with E-state index in [4.69, 9.17) is 4.74 Å². The predicted molar refractivity (Wildman–Crippen MR) is 98.6 cm³/mol. The highest BCUT2D eigenvalue weighted by molar-refractivity contribution is 6.00. The summed E-state index contributed by atoms with van der Waals surface area (Å²) in [5.74, 6) is -0.229. The van der Waals surface area contributed by atoms with Gasteiger partial charge in [-0.2, -0.15) is 0 Å². The highest BCUT2D eigenvalue weighted by Crippen LogP contribution is 2.22. The Hall–Kier alpha value is -2.62. The SMILES string of the molecule is CCCCCCNC(=O)OC(C(=O)c1ccccc1)c1ccccc1. The number of benzene rings is 2. The molecule has 132 valence electrons. The summed E-state index contributed by atoms with van der Waals surface area (Å²) >= 11 is 0. The lowest BCUT2D eigenvalue weighted by Gasteiger charge is -2.18. The molecular weight excluding hydrogens is 314 g/mol. The monoisotopic (exact) mass is 339 g/mol. The molecule has 0 radical (unpaired) electrons. The average Bonchev–Trinajstić information content (AvgIpc) is 2.67. The van der Waals surface area contributed by atoms with E-state index in [2.05, 4.69) is 12.2 Å². The average molecular weight is 339 g/mol. The standard InChI is InChI=1S/C21H25NO3/c1-2-3-4-11-16-22-21(24)25-20(18-14-9-6-10-15-18)19(23)17-12-7-5-8-13-17/h5-10,12-15,20H,2-4,11,16H2,1H3,(H,22,24). The summed E-state index contributed by atoms with van der Waals surface area (Å²) in [7, 11) is 0. The molecule has 0 saturated heterocycles. The van der Waals surface area contributed by atoms with Crippen LogP contribution in [0, 0.1) is 0 Å². The second-order valence-corrected chi connectivity index (χ2v) is 5.91. The van der Waals surface area contributed by atoms with Gasteiger partial charge < -0.3 is 10.1 Å². The van der Waals surface area contributed by atoms with Gasteiger partial charge in [-0.05, 0) is 6.42 Å². The highest BCUT2D eigenvalue weighted by atomic mass is 16.6. The van der Waals surface area contributed by atoms with Gasteiger partial charge in [-0.25, -0.2) is 4.79 Å². The summed E-state index contributed by atoms with van der Waals surface area (Å²) in [5.41, 5.74) is 1.18. The Balaban J connectivity index is 2.03. The lowest BCUT2D eigenvalue weighted by Crippen LogP contribution is -2.29. The Labute approximate surface area is 149 Å². The Bertz CT molecular complexity index is 655. The minimum Gasteiger partial charge on any atom is -0.433 e. The first-order chi connectivity index (χ1) is 12.2. The van der Waals surface area contributed by atoms with Crippen molar-refractivity contribution in [2.45, 2.75) is 38.7 Å². The number of amides is 1. The number of Topliss-reactive ketones (excluding diaryl/α,β-unsaturated/α-hetero) is 1. The molecule has 0 heterocycles. The third-order valence-corrected chi connectivity index (χ3v) is 3.92. The van der Waals surface area contributed by atoms with Crippen LogP contribution in [0.5, 0.6) is 0 Å². The van der Waals surface area contributed by atoms with Gasteiger partial charge in [-0.1, -0.05) is 86.8 Å². The molecule has 25 heavy (non-hydrogen) atoms. The molecule has 1 amide bonds. The number of ketones is 1. The quantitative estimate of drug-likeness (QED) is 0.521. The maximum absolute atomic E-state index is 12.8. The van der Waals surface area contributed by atoms with Gasteiger partial charge in [0.05, 0.1) is 0 Å². The van der Waals surface area contributed by atoms with Gasteiger partial charge in [0.25, 0.3) is 0 Å². The van der Waals surface area contributed by atoms with Crippen molar-refractivity contribution in [3.8, 4) is 0 Å². The van der Waals surface area contributed by atoms with Crippen LogP contribution < -0.4 is 5.32 Å². The molecule has 1 N–H and O–H groups in total. The summed E-state index contributed by atoms with van der Waals surface area (Å²) in [6.45, 7) is 2.70. The van der Waals surface area contributed by atoms with Crippen LogP contribution in [0.25, 0.3) is 0 Å². The van der Waals surface area contributed by atoms with Crippen LogP contribution in [0.1, 0.15) is 54.6 Å². The predicted octanol–water partition coefficient (Wildman–Crippen LogP) is 4.92. The highest BCUT2D eigenvalue weighted by Gasteiger charge is 2.25. The van der Waals surface area contributed by atoms with Crippen molar-refractivity contribution in [1.29, 1.82) is 0 Å². The Morgan fingerprint density at radius 3 is 2.20 bits per heavy atom. The van der Waals surface area contributed by atoms with Crippen LogP contribution in [0.3, 0.4) is 0 Å². The smallest absolute Gasteiger partial charge is 0.408 e. The molecule has 1 atom stereocenters. The van der Waals surface area contributed by atoms with Crippen molar-refractivity contribution in [2.75, 3.05) is 6.54 Å². The largest absolute Gasteiger partial charge is 0.433 e. The molecule has 0 spiro atoms. The van der Waals surface area contributed by atoms with Crippen molar-refractivity contribution in [2.24, 2.45) is 0 Å². The van der Waals surface area contributed by atoms with E-state index in [1.165, 1.54) is 0 Å². The first-order valence-corrected chi connectivity index (χ1v) is 8.81. The molecular formula is C21H25NO3. The van der Waals surface area contributed by atoms with E-state index in [0.717, 1.165) is 25.7 Å². The summed E-state index contributed by atoms with van der Waals surface area (Å²) in [6.07, 6.45) is 2.77. The van der Waals surface area contributed by atoms with E-state index in [9.17, 15) is 9.59 Å². The van der Waals surface area contributed by atoms with Crippen molar-refractivity contribution < 1.29 is 14.3 Å². The molecule has 0 aliphatic rings. The van der Waals surface area contributed by atoms with Crippen molar-refractivity contribution in [3.05, 3.63) is 71.8 Å². The molecule has 2 rings (SSSR count). The topological polar surface area (TPSA) is 55.4 Å². The molecule has 0 aromatic heterocycles. The third-order valence-electron chi connectivity index (χ3n) is 3.92. The number of nitrogens with one attached hydrogen (secondary N) is 1. The number of ether oxygens (including phenoxy) is 1. The summed E-state index contributed by atoms with van der Waals surface area (Å²) in [5, 5.41) is 2.73. The van der Waals surface area contributed by atoms with Crippen LogP contribution in [-0.4, -0.2) is 18.4 Å². The fourth-order valence-electron chi connectivity index (χ4n) is 2.55. The fraction of sp³-hybridized carbons (Fsp3) is 0.333. The van der Waals surface area contributed by atoms with Gasteiger partial charge in [0.1, 0.15) is 0 Å². The number of hydrogen-bond donors (Lipinski definition) is 1. The number of alkyl carbamates (subject to hydrolysis) is 1. The van der Waals surface area contributed by atoms with E-state index in [1.54, 1.807) is 36.4 Å². The van der Waals surface area contributed by atoms with Crippen LogP contribution in [0.4, 0.5) is 4.79 Å². The number of carbonyl (C=O) groups excluding carboxylic acids is 2. The molecule has 0 saturated carbocycles. The maximum atomic E-state index is 12.8. The van der Waals surface area contributed by atoms with Crippen LogP contribution >= 0.6 is 0 Å². The van der Waals surface area contributed by atoms with Gasteiger partial charge in [0, 0.05) is 17.7 Å². The van der Waals surface area contributed by atoms with Crippen molar-refractivity contribution in [1.82, 2.24) is 5.32 Å². The van der Waals surface area contributed by atoms with Crippen LogP contribution in [-0.2, 0) is 4.74 Å². The number of hydrogen-bond acceptors (Lipinski definition) is 3. The summed E-state index contributed by atoms with van der Waals surface area (Å²) in [6, 6.07) is 18.0. The number of unbranched alkanes of at least 4 members (excludes halogenated alkanes) is 3. The van der Waals surface area contributed by atoms with Crippen LogP contribution in [0.2, 0.25) is 0 Å². The molecule has 0 aliphatic heterocycles. The van der Waals surface area contributed by atoms with E-state index in [-0.39, 0.29) is 5.78 Å². The fourth-order valence-corrected chi connectivity index (χ4v) is 2.55. The maximum Gasteiger partial charge on any atom is 0.408 e. The Morgan fingerprint density at radius 1 is 0.920 bits per heavy atom.